The smallest absolute Gasteiger partial charge is 0.233 e. The number of rotatable bonds is 3. The molecule has 2 heterocycles. The van der Waals surface area contributed by atoms with Gasteiger partial charge in [-0.15, -0.1) is 0 Å². The van der Waals surface area contributed by atoms with Gasteiger partial charge in [-0.3, -0.25) is 9.59 Å². The van der Waals surface area contributed by atoms with Crippen LogP contribution in [0.15, 0.2) is 24.3 Å². The molecular weight excluding hydrogens is 362 g/mol. The predicted molar refractivity (Wildman–Crippen MR) is 106 cm³/mol. The maximum atomic E-state index is 13.2. The lowest BCUT2D eigenvalue weighted by molar-refractivity contribution is -0.142. The molecule has 6 heteroatoms. The van der Waals surface area contributed by atoms with Crippen LogP contribution in [0.1, 0.15) is 31.2 Å². The summed E-state index contributed by atoms with van der Waals surface area (Å²) in [5.41, 5.74) is 0.662. The van der Waals surface area contributed by atoms with Crippen molar-refractivity contribution < 1.29 is 9.59 Å². The third kappa shape index (κ3) is 3.72. The maximum absolute atomic E-state index is 13.2. The molecule has 4 rings (SSSR count). The second kappa shape index (κ2) is 7.44. The fraction of sp³-hybridized carbons (Fsp3) is 0.619. The fourth-order valence-corrected chi connectivity index (χ4v) is 4.64. The summed E-state index contributed by atoms with van der Waals surface area (Å²) in [7, 11) is 2.10. The second-order valence-corrected chi connectivity index (χ2v) is 8.72. The van der Waals surface area contributed by atoms with Crippen molar-refractivity contribution in [1.82, 2.24) is 14.7 Å². The normalized spacial score (nSPS) is 23.3. The average molecular weight is 390 g/mol. The van der Waals surface area contributed by atoms with Crippen LogP contribution < -0.4 is 0 Å². The molecule has 1 aromatic carbocycles. The van der Waals surface area contributed by atoms with E-state index in [1.54, 1.807) is 0 Å². The van der Waals surface area contributed by atoms with Gasteiger partial charge < -0.3 is 14.7 Å². The summed E-state index contributed by atoms with van der Waals surface area (Å²) in [5, 5.41) is 0.683. The minimum absolute atomic E-state index is 0.0683. The van der Waals surface area contributed by atoms with Crippen molar-refractivity contribution in [3.05, 3.63) is 34.9 Å². The number of piperazine rings is 1. The van der Waals surface area contributed by atoms with Gasteiger partial charge in [0.1, 0.15) is 0 Å². The lowest BCUT2D eigenvalue weighted by atomic mass is 9.90. The standard InChI is InChI=1S/C21H28ClN3O2/c1-23-11-13-24(14-12-23)19(26)16-5-9-25(10-6-16)20(27)21(7-8-21)17-3-2-4-18(22)15-17/h2-4,15-16H,5-14H2,1H3. The molecule has 0 bridgehead atoms. The Morgan fingerprint density at radius 2 is 1.67 bits per heavy atom. The highest BCUT2D eigenvalue weighted by Crippen LogP contribution is 2.50. The molecule has 146 valence electrons. The third-order valence-corrected chi connectivity index (χ3v) is 6.72. The van der Waals surface area contributed by atoms with E-state index in [1.807, 2.05) is 34.1 Å². The molecule has 1 aliphatic carbocycles. The number of likely N-dealkylation sites (tertiary alicyclic amines) is 1. The monoisotopic (exact) mass is 389 g/mol. The van der Waals surface area contributed by atoms with Crippen LogP contribution in [0.4, 0.5) is 0 Å². The van der Waals surface area contributed by atoms with Crippen LogP contribution in [0.2, 0.25) is 5.02 Å². The van der Waals surface area contributed by atoms with Crippen molar-refractivity contribution in [3.63, 3.8) is 0 Å². The molecule has 2 saturated heterocycles. The molecule has 27 heavy (non-hydrogen) atoms. The number of hydrogen-bond acceptors (Lipinski definition) is 3. The van der Waals surface area contributed by atoms with Crippen molar-refractivity contribution >= 4 is 23.4 Å². The quantitative estimate of drug-likeness (QED) is 0.797. The van der Waals surface area contributed by atoms with Gasteiger partial charge in [-0.05, 0) is 50.4 Å². The molecule has 0 atom stereocenters. The van der Waals surface area contributed by atoms with Crippen LogP contribution in [-0.4, -0.2) is 72.8 Å². The summed E-state index contributed by atoms with van der Waals surface area (Å²) in [6.45, 7) is 4.92. The zero-order chi connectivity index (χ0) is 19.0. The number of likely N-dealkylation sites (N-methyl/N-ethyl adjacent to an activating group) is 1. The van der Waals surface area contributed by atoms with Crippen LogP contribution in [-0.2, 0) is 15.0 Å². The van der Waals surface area contributed by atoms with E-state index in [0.29, 0.717) is 18.1 Å². The average Bonchev–Trinajstić information content (AvgIpc) is 3.50. The number of benzene rings is 1. The Morgan fingerprint density at radius 1 is 1.00 bits per heavy atom. The predicted octanol–water partition coefficient (Wildman–Crippen LogP) is 2.38. The third-order valence-electron chi connectivity index (χ3n) is 6.48. The first-order valence-corrected chi connectivity index (χ1v) is 10.4. The van der Waals surface area contributed by atoms with E-state index < -0.39 is 0 Å². The Bertz CT molecular complexity index is 718. The second-order valence-electron chi connectivity index (χ2n) is 8.29. The van der Waals surface area contributed by atoms with E-state index in [9.17, 15) is 9.59 Å². The van der Waals surface area contributed by atoms with Crippen molar-refractivity contribution in [2.45, 2.75) is 31.1 Å². The number of halogens is 1. The lowest BCUT2D eigenvalue weighted by Gasteiger charge is -2.38. The molecule has 0 unspecified atom stereocenters. The summed E-state index contributed by atoms with van der Waals surface area (Å²) < 4.78 is 0. The van der Waals surface area contributed by atoms with Crippen molar-refractivity contribution in [1.29, 1.82) is 0 Å². The van der Waals surface area contributed by atoms with Crippen LogP contribution >= 0.6 is 11.6 Å². The Labute approximate surface area is 166 Å². The Kier molecular flexibility index (Phi) is 5.17. The molecule has 1 aromatic rings. The topological polar surface area (TPSA) is 43.9 Å². The molecule has 3 aliphatic rings. The first kappa shape index (κ1) is 18.8. The van der Waals surface area contributed by atoms with E-state index in [0.717, 1.165) is 57.4 Å². The number of carbonyl (C=O) groups is 2. The van der Waals surface area contributed by atoms with E-state index in [1.165, 1.54) is 0 Å². The number of carbonyl (C=O) groups excluding carboxylic acids is 2. The van der Waals surface area contributed by atoms with Gasteiger partial charge in [0, 0.05) is 50.2 Å². The number of nitrogens with zero attached hydrogens (tertiary/aromatic N) is 3. The summed E-state index contributed by atoms with van der Waals surface area (Å²) in [6, 6.07) is 7.71. The minimum Gasteiger partial charge on any atom is -0.342 e. The van der Waals surface area contributed by atoms with E-state index >= 15 is 0 Å². The summed E-state index contributed by atoms with van der Waals surface area (Å²) in [4.78, 5) is 32.2. The Balaban J connectivity index is 1.35. The number of hydrogen-bond donors (Lipinski definition) is 0. The SMILES string of the molecule is CN1CCN(C(=O)C2CCN(C(=O)C3(c4cccc(Cl)c4)CC3)CC2)CC1. The molecule has 5 nitrogen and oxygen atoms in total. The zero-order valence-electron chi connectivity index (χ0n) is 16.0. The molecule has 3 fully saturated rings. The molecule has 1 saturated carbocycles. The van der Waals surface area contributed by atoms with E-state index in [2.05, 4.69) is 11.9 Å². The van der Waals surface area contributed by atoms with Gasteiger partial charge in [-0.25, -0.2) is 0 Å². The molecule has 0 N–H and O–H groups in total. The van der Waals surface area contributed by atoms with Crippen LogP contribution in [0.5, 0.6) is 0 Å². The van der Waals surface area contributed by atoms with Gasteiger partial charge in [0.25, 0.3) is 0 Å². The van der Waals surface area contributed by atoms with Gasteiger partial charge in [0.15, 0.2) is 0 Å². The maximum Gasteiger partial charge on any atom is 0.233 e. The molecular formula is C21H28ClN3O2. The summed E-state index contributed by atoms with van der Waals surface area (Å²) in [5.74, 6) is 0.570. The first-order chi connectivity index (χ1) is 13.0. The minimum atomic E-state index is -0.376. The number of piperidine rings is 1. The van der Waals surface area contributed by atoms with Crippen LogP contribution in [0.3, 0.4) is 0 Å². The highest BCUT2D eigenvalue weighted by atomic mass is 35.5. The molecule has 2 aliphatic heterocycles. The van der Waals surface area contributed by atoms with Crippen LogP contribution in [0, 0.1) is 5.92 Å². The van der Waals surface area contributed by atoms with Gasteiger partial charge >= 0.3 is 0 Å². The van der Waals surface area contributed by atoms with Gasteiger partial charge in [-0.2, -0.15) is 0 Å². The summed E-state index contributed by atoms with van der Waals surface area (Å²) in [6.07, 6.45) is 3.35. The summed E-state index contributed by atoms with van der Waals surface area (Å²) >= 11 is 6.14. The van der Waals surface area contributed by atoms with Gasteiger partial charge in [-0.1, -0.05) is 23.7 Å². The Morgan fingerprint density at radius 3 is 2.26 bits per heavy atom. The molecule has 0 radical (unpaired) electrons. The van der Waals surface area contributed by atoms with Crippen molar-refractivity contribution in [2.75, 3.05) is 46.3 Å². The van der Waals surface area contributed by atoms with Crippen LogP contribution in [0.25, 0.3) is 0 Å². The Hall–Kier alpha value is -1.59. The molecule has 0 aromatic heterocycles. The van der Waals surface area contributed by atoms with Crippen molar-refractivity contribution in [2.24, 2.45) is 5.92 Å². The van der Waals surface area contributed by atoms with E-state index in [4.69, 9.17) is 11.6 Å². The molecule has 2 amide bonds. The van der Waals surface area contributed by atoms with Gasteiger partial charge in [0.2, 0.25) is 11.8 Å². The zero-order valence-corrected chi connectivity index (χ0v) is 16.7. The van der Waals surface area contributed by atoms with Crippen molar-refractivity contribution in [3.8, 4) is 0 Å². The fourth-order valence-electron chi connectivity index (χ4n) is 4.45. The molecule has 0 spiro atoms. The number of amides is 2. The lowest BCUT2D eigenvalue weighted by Crippen LogP contribution is -2.51. The highest BCUT2D eigenvalue weighted by molar-refractivity contribution is 6.30. The largest absolute Gasteiger partial charge is 0.342 e. The van der Waals surface area contributed by atoms with Gasteiger partial charge in [0.05, 0.1) is 5.41 Å². The first-order valence-electron chi connectivity index (χ1n) is 10.0. The highest BCUT2D eigenvalue weighted by Gasteiger charge is 2.53. The van der Waals surface area contributed by atoms with E-state index in [-0.39, 0.29) is 23.1 Å².